The van der Waals surface area contributed by atoms with Gasteiger partial charge in [0.15, 0.2) is 9.84 Å². The molecule has 0 spiro atoms. The Kier molecular flexibility index (Phi) is 6.07. The lowest BCUT2D eigenvalue weighted by molar-refractivity contribution is -0.141. The molecular formula is C20H21F3N2O4S. The van der Waals surface area contributed by atoms with Gasteiger partial charge in [0, 0.05) is 31.5 Å². The molecule has 6 nitrogen and oxygen atoms in total. The Hall–Kier alpha value is -2.62. The molecule has 0 amide bonds. The number of hydrogen-bond acceptors (Lipinski definition) is 6. The predicted octanol–water partition coefficient (Wildman–Crippen LogP) is 3.70. The average molecular weight is 442 g/mol. The molecule has 1 aliphatic heterocycles. The minimum Gasteiger partial charge on any atom is -0.464 e. The number of sulfone groups is 1. The van der Waals surface area contributed by atoms with Gasteiger partial charge in [-0.15, -0.1) is 0 Å². The summed E-state index contributed by atoms with van der Waals surface area (Å²) in [5.74, 6) is -0.0939. The van der Waals surface area contributed by atoms with Gasteiger partial charge in [-0.1, -0.05) is 12.1 Å². The zero-order chi connectivity index (χ0) is 22.1. The van der Waals surface area contributed by atoms with E-state index in [-0.39, 0.29) is 23.1 Å². The molecule has 0 bridgehead atoms. The van der Waals surface area contributed by atoms with Crippen molar-refractivity contribution >= 4 is 21.6 Å². The molecule has 30 heavy (non-hydrogen) atoms. The number of alkyl halides is 3. The van der Waals surface area contributed by atoms with Crippen LogP contribution in [-0.2, 0) is 25.5 Å². The first kappa shape index (κ1) is 22.1. The minimum absolute atomic E-state index is 0.0710. The number of rotatable bonds is 5. The number of carbonyl (C=O) groups excluding carboxylic acids is 1. The Morgan fingerprint density at radius 2 is 1.93 bits per heavy atom. The Morgan fingerprint density at radius 1 is 1.27 bits per heavy atom. The van der Waals surface area contributed by atoms with Crippen molar-refractivity contribution in [1.82, 2.24) is 4.98 Å². The highest BCUT2D eigenvalue weighted by molar-refractivity contribution is 7.90. The van der Waals surface area contributed by atoms with Gasteiger partial charge >= 0.3 is 12.1 Å². The summed E-state index contributed by atoms with van der Waals surface area (Å²) in [5, 5.41) is 0. The Balaban J connectivity index is 2.06. The summed E-state index contributed by atoms with van der Waals surface area (Å²) in [5.41, 5.74) is -0.252. The molecule has 162 valence electrons. The summed E-state index contributed by atoms with van der Waals surface area (Å²) < 4.78 is 68.4. The number of pyridine rings is 1. The number of nitrogens with zero attached hydrogens (tertiary/aromatic N) is 2. The lowest BCUT2D eigenvalue weighted by Crippen LogP contribution is -2.34. The van der Waals surface area contributed by atoms with E-state index < -0.39 is 27.5 Å². The van der Waals surface area contributed by atoms with Gasteiger partial charge in [0.05, 0.1) is 16.5 Å². The van der Waals surface area contributed by atoms with Crippen molar-refractivity contribution in [2.75, 3.05) is 24.3 Å². The molecule has 1 aromatic carbocycles. The van der Waals surface area contributed by atoms with Gasteiger partial charge in [0.25, 0.3) is 0 Å². The second-order valence-corrected chi connectivity index (χ2v) is 9.20. The van der Waals surface area contributed by atoms with E-state index >= 15 is 0 Å². The molecule has 0 N–H and O–H groups in total. The van der Waals surface area contributed by atoms with Crippen LogP contribution in [0, 0.1) is 0 Å². The third kappa shape index (κ3) is 4.92. The Labute approximate surface area is 172 Å². The standard InChI is InChI=1S/C20H21F3N2O4S/c1-13(26)29-12-16-4-3-9-25(16)19-18(10-15(11-24-19)20(21,22)23)14-5-7-17(8-6-14)30(2,27)28/h5-8,10-11,16H,3-4,9,12H2,1-2H3. The van der Waals surface area contributed by atoms with Crippen LogP contribution in [0.1, 0.15) is 25.3 Å². The van der Waals surface area contributed by atoms with E-state index in [1.807, 2.05) is 4.90 Å². The fourth-order valence-electron chi connectivity index (χ4n) is 3.44. The molecule has 2 heterocycles. The van der Waals surface area contributed by atoms with E-state index in [2.05, 4.69) is 4.98 Å². The zero-order valence-electron chi connectivity index (χ0n) is 16.4. The first-order chi connectivity index (χ1) is 14.0. The van der Waals surface area contributed by atoms with E-state index in [9.17, 15) is 26.4 Å². The number of carbonyl (C=O) groups is 1. The van der Waals surface area contributed by atoms with E-state index in [1.165, 1.54) is 31.2 Å². The topological polar surface area (TPSA) is 76.6 Å². The fourth-order valence-corrected chi connectivity index (χ4v) is 4.07. The van der Waals surface area contributed by atoms with Crippen LogP contribution in [0.3, 0.4) is 0 Å². The van der Waals surface area contributed by atoms with Crippen LogP contribution in [0.25, 0.3) is 11.1 Å². The number of anilines is 1. The van der Waals surface area contributed by atoms with Gasteiger partial charge < -0.3 is 9.64 Å². The van der Waals surface area contributed by atoms with Crippen LogP contribution in [0.15, 0.2) is 41.4 Å². The summed E-state index contributed by atoms with van der Waals surface area (Å²) >= 11 is 0. The Bertz CT molecular complexity index is 1040. The SMILES string of the molecule is CC(=O)OCC1CCCN1c1ncc(C(F)(F)F)cc1-c1ccc(S(C)(=O)=O)cc1. The van der Waals surface area contributed by atoms with Crippen molar-refractivity contribution in [2.45, 2.75) is 36.9 Å². The molecule has 1 unspecified atom stereocenters. The highest BCUT2D eigenvalue weighted by Crippen LogP contribution is 2.38. The van der Waals surface area contributed by atoms with Gasteiger partial charge in [0.2, 0.25) is 0 Å². The van der Waals surface area contributed by atoms with Gasteiger partial charge in [-0.2, -0.15) is 13.2 Å². The summed E-state index contributed by atoms with van der Waals surface area (Å²) in [6.07, 6.45) is -1.24. The molecule has 1 aromatic heterocycles. The van der Waals surface area contributed by atoms with E-state index in [1.54, 1.807) is 0 Å². The number of halogens is 3. The van der Waals surface area contributed by atoms with Gasteiger partial charge in [-0.3, -0.25) is 4.79 Å². The quantitative estimate of drug-likeness (QED) is 0.658. The third-order valence-corrected chi connectivity index (χ3v) is 6.04. The molecule has 1 aliphatic rings. The van der Waals surface area contributed by atoms with Crippen molar-refractivity contribution < 1.29 is 31.1 Å². The van der Waals surface area contributed by atoms with Gasteiger partial charge in [0.1, 0.15) is 12.4 Å². The predicted molar refractivity (Wildman–Crippen MR) is 105 cm³/mol. The van der Waals surface area contributed by atoms with Crippen LogP contribution in [0.2, 0.25) is 0 Å². The highest BCUT2D eigenvalue weighted by Gasteiger charge is 2.34. The second-order valence-electron chi connectivity index (χ2n) is 7.18. The van der Waals surface area contributed by atoms with Gasteiger partial charge in [-0.25, -0.2) is 13.4 Å². The molecule has 2 aromatic rings. The molecule has 0 radical (unpaired) electrons. The zero-order valence-corrected chi connectivity index (χ0v) is 17.3. The molecule has 0 aliphatic carbocycles. The highest BCUT2D eigenvalue weighted by atomic mass is 32.2. The summed E-state index contributed by atoms with van der Waals surface area (Å²) in [6.45, 7) is 1.97. The van der Waals surface area contributed by atoms with Crippen LogP contribution >= 0.6 is 0 Å². The summed E-state index contributed by atoms with van der Waals surface area (Å²) in [7, 11) is -3.44. The van der Waals surface area contributed by atoms with Crippen molar-refractivity contribution in [2.24, 2.45) is 0 Å². The molecule has 10 heteroatoms. The summed E-state index contributed by atoms with van der Waals surface area (Å²) in [4.78, 5) is 17.2. The van der Waals surface area contributed by atoms with Crippen LogP contribution in [-0.4, -0.2) is 44.8 Å². The maximum atomic E-state index is 13.3. The number of benzene rings is 1. The van der Waals surface area contributed by atoms with Crippen molar-refractivity contribution in [3.05, 3.63) is 42.1 Å². The molecule has 1 atom stereocenters. The van der Waals surface area contributed by atoms with Gasteiger partial charge in [-0.05, 0) is 36.6 Å². The second kappa shape index (κ2) is 8.25. The van der Waals surface area contributed by atoms with E-state index in [0.29, 0.717) is 24.3 Å². The number of ether oxygens (including phenoxy) is 1. The van der Waals surface area contributed by atoms with E-state index in [4.69, 9.17) is 4.74 Å². The molecule has 0 saturated carbocycles. The lowest BCUT2D eigenvalue weighted by Gasteiger charge is -2.28. The minimum atomic E-state index is -4.57. The maximum Gasteiger partial charge on any atom is 0.417 e. The number of aromatic nitrogens is 1. The number of esters is 1. The monoisotopic (exact) mass is 442 g/mol. The van der Waals surface area contributed by atoms with Crippen LogP contribution < -0.4 is 4.90 Å². The van der Waals surface area contributed by atoms with Crippen LogP contribution in [0.4, 0.5) is 19.0 Å². The lowest BCUT2D eigenvalue weighted by atomic mass is 10.0. The van der Waals surface area contributed by atoms with Crippen molar-refractivity contribution in [3.8, 4) is 11.1 Å². The fraction of sp³-hybridized carbons (Fsp3) is 0.400. The van der Waals surface area contributed by atoms with E-state index in [0.717, 1.165) is 24.9 Å². The molecule has 3 rings (SSSR count). The first-order valence-electron chi connectivity index (χ1n) is 9.24. The van der Waals surface area contributed by atoms with Crippen molar-refractivity contribution in [3.63, 3.8) is 0 Å². The molecule has 1 fully saturated rings. The van der Waals surface area contributed by atoms with Crippen molar-refractivity contribution in [1.29, 1.82) is 0 Å². The summed E-state index contributed by atoms with van der Waals surface area (Å²) in [6, 6.07) is 6.46. The first-order valence-corrected chi connectivity index (χ1v) is 11.1. The number of hydrogen-bond donors (Lipinski definition) is 0. The average Bonchev–Trinajstić information content (AvgIpc) is 3.13. The molecule has 1 saturated heterocycles. The smallest absolute Gasteiger partial charge is 0.417 e. The molecular weight excluding hydrogens is 421 g/mol. The van der Waals surface area contributed by atoms with Crippen LogP contribution in [0.5, 0.6) is 0 Å². The maximum absolute atomic E-state index is 13.3. The third-order valence-electron chi connectivity index (χ3n) is 4.92. The largest absolute Gasteiger partial charge is 0.464 e. The Morgan fingerprint density at radius 3 is 2.50 bits per heavy atom. The normalized spacial score (nSPS) is 17.2.